The molecule has 0 aliphatic heterocycles. The fourth-order valence-corrected chi connectivity index (χ4v) is 1.41. The first kappa shape index (κ1) is 15.8. The van der Waals surface area contributed by atoms with Crippen LogP contribution in [0.2, 0.25) is 0 Å². The van der Waals surface area contributed by atoms with Crippen LogP contribution >= 0.6 is 0 Å². The Morgan fingerprint density at radius 3 is 2.50 bits per heavy atom. The van der Waals surface area contributed by atoms with Gasteiger partial charge in [0.05, 0.1) is 12.1 Å². The van der Waals surface area contributed by atoms with Crippen molar-refractivity contribution in [3.8, 4) is 11.8 Å². The molecule has 0 aromatic heterocycles. The lowest BCUT2D eigenvalue weighted by molar-refractivity contribution is -0.118. The molecule has 0 atom stereocenters. The maximum Gasteiger partial charge on any atom is 0.339 e. The van der Waals surface area contributed by atoms with Crippen LogP contribution in [0.15, 0.2) is 24.3 Å². The molecule has 1 aromatic carbocycles. The van der Waals surface area contributed by atoms with Crippen LogP contribution in [0.25, 0.3) is 0 Å². The van der Waals surface area contributed by atoms with Crippen LogP contribution < -0.4 is 5.32 Å². The summed E-state index contributed by atoms with van der Waals surface area (Å²) in [6, 6.07) is 6.99. The average molecular weight is 273 g/mol. The largest absolute Gasteiger partial charge is 0.456 e. The van der Waals surface area contributed by atoms with E-state index in [4.69, 9.17) is 4.74 Å². The number of amides is 1. The van der Waals surface area contributed by atoms with Gasteiger partial charge in [0.15, 0.2) is 0 Å². The van der Waals surface area contributed by atoms with Gasteiger partial charge < -0.3 is 10.1 Å². The molecule has 0 aliphatic rings. The number of nitrogens with one attached hydrogen (secondary N) is 1. The molecule has 0 unspecified atom stereocenters. The van der Waals surface area contributed by atoms with Crippen LogP contribution in [0, 0.1) is 11.8 Å². The molecule has 20 heavy (non-hydrogen) atoms. The van der Waals surface area contributed by atoms with Crippen LogP contribution in [-0.2, 0) is 9.53 Å². The number of carbonyl (C=O) groups is 2. The third kappa shape index (κ3) is 5.57. The maximum absolute atomic E-state index is 12.1. The normalized spacial score (nSPS) is 10.2. The van der Waals surface area contributed by atoms with Crippen molar-refractivity contribution in [2.24, 2.45) is 0 Å². The fraction of sp³-hybridized carbons (Fsp3) is 0.375. The van der Waals surface area contributed by atoms with Gasteiger partial charge in [0.2, 0.25) is 5.91 Å². The van der Waals surface area contributed by atoms with Gasteiger partial charge in [-0.25, -0.2) is 4.79 Å². The van der Waals surface area contributed by atoms with Crippen molar-refractivity contribution >= 4 is 11.9 Å². The minimum atomic E-state index is -0.548. The van der Waals surface area contributed by atoms with Crippen molar-refractivity contribution in [2.45, 2.75) is 33.3 Å². The van der Waals surface area contributed by atoms with Gasteiger partial charge in [-0.3, -0.25) is 4.79 Å². The summed E-state index contributed by atoms with van der Waals surface area (Å²) >= 11 is 0. The summed E-state index contributed by atoms with van der Waals surface area (Å²) in [5, 5.41) is 2.57. The molecule has 106 valence electrons. The van der Waals surface area contributed by atoms with Crippen LogP contribution in [0.1, 0.15) is 43.6 Å². The predicted octanol–water partition coefficient (Wildman–Crippen LogP) is 2.13. The SMILES string of the molecule is CC(=O)NCC#Cc1ccccc1C(=O)OC(C)(C)C. The lowest BCUT2D eigenvalue weighted by Gasteiger charge is -2.19. The Morgan fingerprint density at radius 2 is 1.90 bits per heavy atom. The Morgan fingerprint density at radius 1 is 1.25 bits per heavy atom. The first-order valence-corrected chi connectivity index (χ1v) is 6.35. The van der Waals surface area contributed by atoms with Crippen molar-refractivity contribution in [1.29, 1.82) is 0 Å². The Hall–Kier alpha value is -2.28. The minimum absolute atomic E-state index is 0.139. The molecule has 0 heterocycles. The number of esters is 1. The van der Waals surface area contributed by atoms with Gasteiger partial charge in [-0.1, -0.05) is 24.0 Å². The van der Waals surface area contributed by atoms with E-state index in [-0.39, 0.29) is 12.5 Å². The zero-order chi connectivity index (χ0) is 15.2. The lowest BCUT2D eigenvalue weighted by Crippen LogP contribution is -2.24. The monoisotopic (exact) mass is 273 g/mol. The number of carbonyl (C=O) groups excluding carboxylic acids is 2. The third-order valence-electron chi connectivity index (χ3n) is 2.19. The Kier molecular flexibility index (Phi) is 5.33. The zero-order valence-corrected chi connectivity index (χ0v) is 12.2. The highest BCUT2D eigenvalue weighted by atomic mass is 16.6. The van der Waals surface area contributed by atoms with E-state index >= 15 is 0 Å². The summed E-state index contributed by atoms with van der Waals surface area (Å²) in [5.74, 6) is 5.13. The second-order valence-electron chi connectivity index (χ2n) is 5.26. The minimum Gasteiger partial charge on any atom is -0.456 e. The molecular formula is C16H19NO3. The van der Waals surface area contributed by atoms with Gasteiger partial charge in [0, 0.05) is 12.5 Å². The summed E-state index contributed by atoms with van der Waals surface area (Å²) in [6.45, 7) is 7.12. The second-order valence-corrected chi connectivity index (χ2v) is 5.26. The Bertz CT molecular complexity index is 559. The lowest BCUT2D eigenvalue weighted by atomic mass is 10.1. The van der Waals surface area contributed by atoms with Crippen LogP contribution in [0.5, 0.6) is 0 Å². The van der Waals surface area contributed by atoms with Gasteiger partial charge in [-0.2, -0.15) is 0 Å². The molecule has 0 bridgehead atoms. The summed E-state index contributed by atoms with van der Waals surface area (Å²) in [6.07, 6.45) is 0. The van der Waals surface area contributed by atoms with Gasteiger partial charge in [-0.15, -0.1) is 0 Å². The molecule has 0 saturated heterocycles. The van der Waals surface area contributed by atoms with Crippen molar-refractivity contribution in [2.75, 3.05) is 6.54 Å². The smallest absolute Gasteiger partial charge is 0.339 e. The van der Waals surface area contributed by atoms with Gasteiger partial charge >= 0.3 is 5.97 Å². The molecule has 1 N–H and O–H groups in total. The van der Waals surface area contributed by atoms with Gasteiger partial charge in [0.1, 0.15) is 5.60 Å². The van der Waals surface area contributed by atoms with Crippen LogP contribution in [0.3, 0.4) is 0 Å². The van der Waals surface area contributed by atoms with Crippen LogP contribution in [-0.4, -0.2) is 24.0 Å². The zero-order valence-electron chi connectivity index (χ0n) is 12.2. The summed E-state index contributed by atoms with van der Waals surface area (Å²) in [4.78, 5) is 22.8. The maximum atomic E-state index is 12.1. The molecule has 1 amide bonds. The Labute approximate surface area is 119 Å². The molecule has 1 rings (SSSR count). The first-order chi connectivity index (χ1) is 9.29. The molecule has 0 spiro atoms. The van der Waals surface area contributed by atoms with E-state index < -0.39 is 11.6 Å². The molecule has 0 radical (unpaired) electrons. The quantitative estimate of drug-likeness (QED) is 0.663. The highest BCUT2D eigenvalue weighted by molar-refractivity contribution is 5.92. The number of benzene rings is 1. The average Bonchev–Trinajstić information content (AvgIpc) is 2.32. The van der Waals surface area contributed by atoms with E-state index in [1.165, 1.54) is 6.92 Å². The predicted molar refractivity (Wildman–Crippen MR) is 77.2 cm³/mol. The molecule has 0 fully saturated rings. The fourth-order valence-electron chi connectivity index (χ4n) is 1.41. The molecule has 0 saturated carbocycles. The standard InChI is InChI=1S/C16H19NO3/c1-12(18)17-11-7-9-13-8-5-6-10-14(13)15(19)20-16(2,3)4/h5-6,8,10H,11H2,1-4H3,(H,17,18). The molecule has 0 aliphatic carbocycles. The van der Waals surface area contributed by atoms with E-state index in [1.807, 2.05) is 20.8 Å². The van der Waals surface area contributed by atoms with Crippen molar-refractivity contribution < 1.29 is 14.3 Å². The molecule has 1 aromatic rings. The highest BCUT2D eigenvalue weighted by Gasteiger charge is 2.19. The molecule has 4 nitrogen and oxygen atoms in total. The van der Waals surface area contributed by atoms with E-state index in [1.54, 1.807) is 24.3 Å². The molecule has 4 heteroatoms. The van der Waals surface area contributed by atoms with Crippen molar-refractivity contribution in [3.63, 3.8) is 0 Å². The van der Waals surface area contributed by atoms with E-state index in [2.05, 4.69) is 17.2 Å². The number of rotatable bonds is 2. The van der Waals surface area contributed by atoms with E-state index in [0.717, 1.165) is 0 Å². The number of hydrogen-bond donors (Lipinski definition) is 1. The second kappa shape index (κ2) is 6.76. The van der Waals surface area contributed by atoms with Gasteiger partial charge in [0.25, 0.3) is 0 Å². The summed E-state index contributed by atoms with van der Waals surface area (Å²) < 4.78 is 5.33. The summed E-state index contributed by atoms with van der Waals surface area (Å²) in [5.41, 5.74) is 0.471. The topological polar surface area (TPSA) is 55.4 Å². The third-order valence-corrected chi connectivity index (χ3v) is 2.19. The van der Waals surface area contributed by atoms with Crippen LogP contribution in [0.4, 0.5) is 0 Å². The van der Waals surface area contributed by atoms with E-state index in [9.17, 15) is 9.59 Å². The van der Waals surface area contributed by atoms with Crippen molar-refractivity contribution in [1.82, 2.24) is 5.32 Å². The Balaban J connectivity index is 2.88. The van der Waals surface area contributed by atoms with Gasteiger partial charge in [-0.05, 0) is 32.9 Å². The number of hydrogen-bond acceptors (Lipinski definition) is 3. The molecular weight excluding hydrogens is 254 g/mol. The van der Waals surface area contributed by atoms with E-state index in [0.29, 0.717) is 11.1 Å². The number of ether oxygens (including phenoxy) is 1. The first-order valence-electron chi connectivity index (χ1n) is 6.35. The summed E-state index contributed by atoms with van der Waals surface area (Å²) in [7, 11) is 0. The highest BCUT2D eigenvalue weighted by Crippen LogP contribution is 2.14. The van der Waals surface area contributed by atoms with Crippen molar-refractivity contribution in [3.05, 3.63) is 35.4 Å².